The normalized spacial score (nSPS) is 14.6. The Morgan fingerprint density at radius 1 is 1.50 bits per heavy atom. The highest BCUT2D eigenvalue weighted by Gasteiger charge is 2.20. The molecule has 0 unspecified atom stereocenters. The molecule has 5 heteroatoms. The maximum Gasteiger partial charge on any atom is 0.197 e. The van der Waals surface area contributed by atoms with Gasteiger partial charge >= 0.3 is 0 Å². The van der Waals surface area contributed by atoms with Crippen molar-refractivity contribution >= 4 is 16.8 Å². The van der Waals surface area contributed by atoms with Crippen molar-refractivity contribution in [1.82, 2.24) is 9.97 Å². The lowest BCUT2D eigenvalue weighted by Crippen LogP contribution is -2.05. The number of ketones is 1. The SMILES string of the molecule is N#Cc1cnc2[nH]cc(C(=O)C3=C(F)CCC=C3)c2c1. The third kappa shape index (κ3) is 1.91. The zero-order valence-electron chi connectivity index (χ0n) is 10.5. The number of fused-ring (bicyclic) bond motifs is 1. The van der Waals surface area contributed by atoms with Crippen molar-refractivity contribution in [2.45, 2.75) is 12.8 Å². The molecule has 0 saturated carbocycles. The van der Waals surface area contributed by atoms with Crippen molar-refractivity contribution in [3.05, 3.63) is 53.1 Å². The number of nitrogens with zero attached hydrogens (tertiary/aromatic N) is 2. The van der Waals surface area contributed by atoms with Gasteiger partial charge in [0.15, 0.2) is 5.78 Å². The maximum atomic E-state index is 13.8. The standard InChI is InChI=1S/C15H10FN3O/c16-13-4-2-1-3-10(13)14(20)12-8-19-15-11(12)5-9(6-17)7-18-15/h1,3,5,7-8H,2,4H2,(H,18,19). The summed E-state index contributed by atoms with van der Waals surface area (Å²) in [5.74, 6) is -0.780. The number of H-pyrrole nitrogens is 1. The fourth-order valence-corrected chi connectivity index (χ4v) is 2.23. The summed E-state index contributed by atoms with van der Waals surface area (Å²) in [6.45, 7) is 0. The summed E-state index contributed by atoms with van der Waals surface area (Å²) in [5, 5.41) is 9.42. The van der Waals surface area contributed by atoms with Crippen molar-refractivity contribution in [3.63, 3.8) is 0 Å². The maximum absolute atomic E-state index is 13.8. The van der Waals surface area contributed by atoms with Crippen LogP contribution in [-0.4, -0.2) is 15.8 Å². The van der Waals surface area contributed by atoms with Crippen molar-refractivity contribution in [2.75, 3.05) is 0 Å². The van der Waals surface area contributed by atoms with E-state index in [2.05, 4.69) is 9.97 Å². The van der Waals surface area contributed by atoms with Crippen LogP contribution in [0.3, 0.4) is 0 Å². The predicted octanol–water partition coefficient (Wildman–Crippen LogP) is 3.19. The highest BCUT2D eigenvalue weighted by molar-refractivity contribution is 6.17. The molecule has 1 aliphatic rings. The topological polar surface area (TPSA) is 69.5 Å². The predicted molar refractivity (Wildman–Crippen MR) is 71.6 cm³/mol. The first-order chi connectivity index (χ1) is 9.70. The van der Waals surface area contributed by atoms with Gasteiger partial charge in [-0.3, -0.25) is 4.79 Å². The monoisotopic (exact) mass is 267 g/mol. The number of pyridine rings is 1. The van der Waals surface area contributed by atoms with Crippen molar-refractivity contribution in [1.29, 1.82) is 5.26 Å². The van der Waals surface area contributed by atoms with E-state index in [0.717, 1.165) is 0 Å². The van der Waals surface area contributed by atoms with Crippen LogP contribution in [0.4, 0.5) is 4.39 Å². The molecule has 98 valence electrons. The van der Waals surface area contributed by atoms with Crippen LogP contribution in [0.5, 0.6) is 0 Å². The molecule has 0 amide bonds. The Labute approximate surface area is 114 Å². The summed E-state index contributed by atoms with van der Waals surface area (Å²) in [7, 11) is 0. The largest absolute Gasteiger partial charge is 0.345 e. The van der Waals surface area contributed by atoms with Crippen LogP contribution in [-0.2, 0) is 0 Å². The van der Waals surface area contributed by atoms with Crippen LogP contribution >= 0.6 is 0 Å². The van der Waals surface area contributed by atoms with Gasteiger partial charge in [-0.1, -0.05) is 12.2 Å². The molecule has 20 heavy (non-hydrogen) atoms. The number of aromatic nitrogens is 2. The molecule has 0 fully saturated rings. The van der Waals surface area contributed by atoms with E-state index in [1.54, 1.807) is 12.1 Å². The molecule has 0 atom stereocenters. The number of carbonyl (C=O) groups is 1. The molecule has 1 aliphatic carbocycles. The average molecular weight is 267 g/mol. The smallest absolute Gasteiger partial charge is 0.197 e. The molecule has 2 aromatic rings. The molecule has 0 saturated heterocycles. The lowest BCUT2D eigenvalue weighted by Gasteiger charge is -2.07. The molecule has 0 aliphatic heterocycles. The van der Waals surface area contributed by atoms with Gasteiger partial charge in [0.1, 0.15) is 17.5 Å². The van der Waals surface area contributed by atoms with Crippen LogP contribution in [0.2, 0.25) is 0 Å². The van der Waals surface area contributed by atoms with E-state index < -0.39 is 5.83 Å². The number of hydrogen-bond donors (Lipinski definition) is 1. The molecule has 1 N–H and O–H groups in total. The summed E-state index contributed by atoms with van der Waals surface area (Å²) < 4.78 is 13.8. The molecule has 4 nitrogen and oxygen atoms in total. The number of halogens is 1. The zero-order valence-corrected chi connectivity index (χ0v) is 10.5. The molecule has 0 aromatic carbocycles. The fraction of sp³-hybridized carbons (Fsp3) is 0.133. The van der Waals surface area contributed by atoms with Gasteiger partial charge in [-0.2, -0.15) is 5.26 Å². The number of allylic oxidation sites excluding steroid dienone is 4. The Bertz CT molecular complexity index is 808. The minimum absolute atomic E-state index is 0.0829. The van der Waals surface area contributed by atoms with Crippen LogP contribution in [0.1, 0.15) is 28.8 Å². The van der Waals surface area contributed by atoms with Gasteiger partial charge in [-0.15, -0.1) is 0 Å². The minimum Gasteiger partial charge on any atom is -0.345 e. The van der Waals surface area contributed by atoms with Gasteiger partial charge in [0.2, 0.25) is 0 Å². The summed E-state index contributed by atoms with van der Waals surface area (Å²) in [5.41, 5.74) is 1.29. The third-order valence-corrected chi connectivity index (χ3v) is 3.26. The summed E-state index contributed by atoms with van der Waals surface area (Å²) in [4.78, 5) is 19.3. The number of hydrogen-bond acceptors (Lipinski definition) is 3. The summed E-state index contributed by atoms with van der Waals surface area (Å²) >= 11 is 0. The second-order valence-corrected chi connectivity index (χ2v) is 4.52. The Hall–Kier alpha value is -2.74. The first-order valence-electron chi connectivity index (χ1n) is 6.18. The Kier molecular flexibility index (Phi) is 2.92. The highest BCUT2D eigenvalue weighted by atomic mass is 19.1. The summed E-state index contributed by atoms with van der Waals surface area (Å²) in [6.07, 6.45) is 7.08. The molecular formula is C15H10FN3O. The molecular weight excluding hydrogens is 257 g/mol. The first kappa shape index (κ1) is 12.3. The van der Waals surface area contributed by atoms with Gasteiger partial charge in [0.25, 0.3) is 0 Å². The lowest BCUT2D eigenvalue weighted by molar-refractivity contribution is 0.103. The van der Waals surface area contributed by atoms with E-state index in [1.807, 2.05) is 6.07 Å². The number of carbonyl (C=O) groups excluding carboxylic acids is 1. The minimum atomic E-state index is -0.392. The van der Waals surface area contributed by atoms with Gasteiger partial charge in [0, 0.05) is 29.8 Å². The first-order valence-corrected chi connectivity index (χ1v) is 6.18. The number of nitriles is 1. The zero-order chi connectivity index (χ0) is 14.1. The van der Waals surface area contributed by atoms with Gasteiger partial charge in [0.05, 0.1) is 11.1 Å². The van der Waals surface area contributed by atoms with Crippen molar-refractivity contribution in [2.24, 2.45) is 0 Å². The Morgan fingerprint density at radius 2 is 2.35 bits per heavy atom. The number of Topliss-reactive ketones (excluding diaryl/α,β-unsaturated/α-hetero) is 1. The van der Waals surface area contributed by atoms with Crippen LogP contribution < -0.4 is 0 Å². The van der Waals surface area contributed by atoms with Crippen LogP contribution in [0, 0.1) is 11.3 Å². The van der Waals surface area contributed by atoms with Crippen LogP contribution in [0.25, 0.3) is 11.0 Å². The highest BCUT2D eigenvalue weighted by Crippen LogP contribution is 2.26. The van der Waals surface area contributed by atoms with E-state index in [4.69, 9.17) is 5.26 Å². The molecule has 2 heterocycles. The molecule has 3 rings (SSSR count). The second kappa shape index (κ2) is 4.74. The van der Waals surface area contributed by atoms with E-state index in [1.165, 1.54) is 18.5 Å². The summed E-state index contributed by atoms with van der Waals surface area (Å²) in [6, 6.07) is 3.56. The molecule has 0 radical (unpaired) electrons. The number of aromatic amines is 1. The second-order valence-electron chi connectivity index (χ2n) is 4.52. The molecule has 2 aromatic heterocycles. The van der Waals surface area contributed by atoms with E-state index in [-0.39, 0.29) is 17.8 Å². The average Bonchev–Trinajstić information content (AvgIpc) is 2.89. The van der Waals surface area contributed by atoms with E-state index in [9.17, 15) is 9.18 Å². The number of rotatable bonds is 2. The van der Waals surface area contributed by atoms with Gasteiger partial charge in [-0.05, 0) is 12.5 Å². The lowest BCUT2D eigenvalue weighted by atomic mass is 9.97. The van der Waals surface area contributed by atoms with Crippen molar-refractivity contribution in [3.8, 4) is 6.07 Å². The van der Waals surface area contributed by atoms with Gasteiger partial charge in [-0.25, -0.2) is 9.37 Å². The van der Waals surface area contributed by atoms with Gasteiger partial charge < -0.3 is 4.98 Å². The third-order valence-electron chi connectivity index (χ3n) is 3.26. The fourth-order valence-electron chi connectivity index (χ4n) is 2.23. The Morgan fingerprint density at radius 3 is 3.10 bits per heavy atom. The molecule has 0 bridgehead atoms. The molecule has 0 spiro atoms. The van der Waals surface area contributed by atoms with Crippen molar-refractivity contribution < 1.29 is 9.18 Å². The quantitative estimate of drug-likeness (QED) is 0.849. The Balaban J connectivity index is 2.13. The van der Waals surface area contributed by atoms with E-state index >= 15 is 0 Å². The number of nitrogens with one attached hydrogen (secondary N) is 1. The van der Waals surface area contributed by atoms with Crippen LogP contribution in [0.15, 0.2) is 42.0 Å². The van der Waals surface area contributed by atoms with E-state index in [0.29, 0.717) is 28.6 Å².